The highest BCUT2D eigenvalue weighted by Crippen LogP contribution is 2.27. The minimum absolute atomic E-state index is 0.234. The van der Waals surface area contributed by atoms with E-state index in [1.54, 1.807) is 0 Å². The van der Waals surface area contributed by atoms with Crippen LogP contribution in [-0.2, 0) is 15.5 Å². The molecule has 0 amide bonds. The average Bonchev–Trinajstić information content (AvgIpc) is 2.54. The van der Waals surface area contributed by atoms with Crippen molar-refractivity contribution in [3.63, 3.8) is 0 Å². The second kappa shape index (κ2) is 8.21. The van der Waals surface area contributed by atoms with E-state index in [-0.39, 0.29) is 5.92 Å². The van der Waals surface area contributed by atoms with Crippen LogP contribution < -0.4 is 0 Å². The molecule has 0 atom stereocenters. The van der Waals surface area contributed by atoms with Crippen LogP contribution in [0.5, 0.6) is 0 Å². The molecule has 1 aromatic rings. The minimum Gasteiger partial charge on any atom is -0.394 e. The zero-order chi connectivity index (χ0) is 17.8. The summed E-state index contributed by atoms with van der Waals surface area (Å²) < 4.78 is 78.1. The van der Waals surface area contributed by atoms with Gasteiger partial charge in [-0.1, -0.05) is 27.7 Å². The van der Waals surface area contributed by atoms with Crippen molar-refractivity contribution >= 4 is 8.56 Å². The first kappa shape index (κ1) is 20.1. The third-order valence-electron chi connectivity index (χ3n) is 3.54. The van der Waals surface area contributed by atoms with Gasteiger partial charge in [0.15, 0.2) is 23.3 Å². The number of hydrogen-bond donors (Lipinski definition) is 0. The van der Waals surface area contributed by atoms with E-state index in [0.29, 0.717) is 18.7 Å². The van der Waals surface area contributed by atoms with E-state index in [2.05, 4.69) is 0 Å². The van der Waals surface area contributed by atoms with Gasteiger partial charge in [0.2, 0.25) is 5.82 Å². The predicted molar refractivity (Wildman–Crippen MR) is 78.5 cm³/mol. The van der Waals surface area contributed by atoms with Gasteiger partial charge in [0.25, 0.3) is 0 Å². The average molecular weight is 356 g/mol. The molecular weight excluding hydrogens is 335 g/mol. The summed E-state index contributed by atoms with van der Waals surface area (Å²) in [6, 6.07) is 1.01. The fourth-order valence-electron chi connectivity index (χ4n) is 2.00. The van der Waals surface area contributed by atoms with Crippen LogP contribution in [0.25, 0.3) is 0 Å². The van der Waals surface area contributed by atoms with Crippen LogP contribution in [0.15, 0.2) is 0 Å². The van der Waals surface area contributed by atoms with E-state index in [1.165, 1.54) is 0 Å². The maximum absolute atomic E-state index is 13.7. The van der Waals surface area contributed by atoms with Gasteiger partial charge in [0.05, 0.1) is 12.2 Å². The van der Waals surface area contributed by atoms with Crippen molar-refractivity contribution in [2.75, 3.05) is 6.61 Å². The Morgan fingerprint density at radius 1 is 0.783 bits per heavy atom. The van der Waals surface area contributed by atoms with Crippen molar-refractivity contribution in [2.24, 2.45) is 5.92 Å². The smallest absolute Gasteiger partial charge is 0.337 e. The summed E-state index contributed by atoms with van der Waals surface area (Å²) in [5.74, 6) is -9.59. The third-order valence-corrected chi connectivity index (χ3v) is 7.06. The molecule has 0 unspecified atom stereocenters. The topological polar surface area (TPSA) is 18.5 Å². The molecule has 0 saturated carbocycles. The van der Waals surface area contributed by atoms with E-state index in [4.69, 9.17) is 8.85 Å². The van der Waals surface area contributed by atoms with Crippen LogP contribution in [-0.4, -0.2) is 15.2 Å². The van der Waals surface area contributed by atoms with E-state index < -0.39 is 49.8 Å². The molecule has 1 rings (SSSR count). The van der Waals surface area contributed by atoms with Gasteiger partial charge in [-0.15, -0.1) is 0 Å². The fourth-order valence-corrected chi connectivity index (χ4v) is 4.44. The van der Waals surface area contributed by atoms with Crippen LogP contribution in [0.3, 0.4) is 0 Å². The molecule has 0 aliphatic carbocycles. The number of rotatable bonds is 8. The van der Waals surface area contributed by atoms with Crippen LogP contribution in [0.4, 0.5) is 22.0 Å². The largest absolute Gasteiger partial charge is 0.394 e. The third kappa shape index (κ3) is 4.51. The second-order valence-electron chi connectivity index (χ2n) is 5.66. The first-order valence-electron chi connectivity index (χ1n) is 7.47. The summed E-state index contributed by atoms with van der Waals surface area (Å²) in [6.45, 7) is 7.20. The van der Waals surface area contributed by atoms with Gasteiger partial charge >= 0.3 is 8.56 Å². The summed E-state index contributed by atoms with van der Waals surface area (Å²) >= 11 is 0. The van der Waals surface area contributed by atoms with E-state index in [1.807, 2.05) is 27.7 Å². The molecule has 0 aliphatic rings. The molecule has 132 valence electrons. The Bertz CT molecular complexity index is 518. The lowest BCUT2D eigenvalue weighted by atomic mass is 10.2. The van der Waals surface area contributed by atoms with Gasteiger partial charge in [-0.3, -0.25) is 0 Å². The van der Waals surface area contributed by atoms with Crippen molar-refractivity contribution < 1.29 is 30.8 Å². The molecule has 0 saturated heterocycles. The molecule has 0 aromatic heterocycles. The van der Waals surface area contributed by atoms with Crippen molar-refractivity contribution in [1.82, 2.24) is 0 Å². The SMILES string of the molecule is CC[Si](CC)(OCc1c(F)c(F)c(F)c(F)c1F)OCC(C)C. The molecule has 0 aliphatic heterocycles. The number of benzene rings is 1. The zero-order valence-corrected chi connectivity index (χ0v) is 14.6. The van der Waals surface area contributed by atoms with Crippen molar-refractivity contribution in [3.05, 3.63) is 34.6 Å². The molecule has 0 bridgehead atoms. The fraction of sp³-hybridized carbons (Fsp3) is 0.600. The quantitative estimate of drug-likeness (QED) is 0.281. The highest BCUT2D eigenvalue weighted by molar-refractivity contribution is 6.67. The molecule has 0 spiro atoms. The van der Waals surface area contributed by atoms with Gasteiger partial charge in [-0.25, -0.2) is 22.0 Å². The lowest BCUT2D eigenvalue weighted by Crippen LogP contribution is -2.41. The monoisotopic (exact) mass is 356 g/mol. The van der Waals surface area contributed by atoms with Gasteiger partial charge in [0, 0.05) is 6.61 Å². The minimum atomic E-state index is -2.76. The molecule has 2 nitrogen and oxygen atoms in total. The molecule has 8 heteroatoms. The number of hydrogen-bond acceptors (Lipinski definition) is 2. The Hall–Kier alpha value is -0.993. The Labute approximate surface area is 133 Å². The first-order valence-corrected chi connectivity index (χ1v) is 9.70. The zero-order valence-electron chi connectivity index (χ0n) is 13.6. The maximum Gasteiger partial charge on any atom is 0.337 e. The van der Waals surface area contributed by atoms with Gasteiger partial charge in [-0.2, -0.15) is 0 Å². The summed E-state index contributed by atoms with van der Waals surface area (Å²) in [5.41, 5.74) is -0.965. The Balaban J connectivity index is 3.03. The summed E-state index contributed by atoms with van der Waals surface area (Å²) in [6.07, 6.45) is 0. The summed E-state index contributed by atoms with van der Waals surface area (Å²) in [5, 5.41) is 0. The molecule has 0 heterocycles. The molecule has 0 fully saturated rings. The van der Waals surface area contributed by atoms with Crippen LogP contribution in [0, 0.1) is 35.0 Å². The molecular formula is C15H21F5O2Si. The highest BCUT2D eigenvalue weighted by atomic mass is 28.4. The molecule has 0 N–H and O–H groups in total. The second-order valence-corrected chi connectivity index (χ2v) is 9.47. The Morgan fingerprint density at radius 3 is 1.61 bits per heavy atom. The van der Waals surface area contributed by atoms with Crippen LogP contribution in [0.2, 0.25) is 12.1 Å². The van der Waals surface area contributed by atoms with Crippen LogP contribution in [0.1, 0.15) is 33.3 Å². The lowest BCUT2D eigenvalue weighted by Gasteiger charge is -2.29. The number of halogens is 5. The first-order chi connectivity index (χ1) is 10.7. The van der Waals surface area contributed by atoms with Crippen molar-refractivity contribution in [2.45, 2.75) is 46.4 Å². The standard InChI is InChI=1S/C15H21F5O2Si/c1-5-23(6-2,21-7-9(3)4)22-8-10-11(16)13(18)15(20)14(19)12(10)17/h9H,5-8H2,1-4H3. The Morgan fingerprint density at radius 2 is 1.22 bits per heavy atom. The normalized spacial score (nSPS) is 12.3. The molecule has 23 heavy (non-hydrogen) atoms. The predicted octanol–water partition coefficient (Wildman–Crippen LogP) is 5.05. The maximum atomic E-state index is 13.7. The summed E-state index contributed by atoms with van der Waals surface area (Å²) in [4.78, 5) is 0. The molecule has 0 radical (unpaired) electrons. The van der Waals surface area contributed by atoms with Crippen LogP contribution >= 0.6 is 0 Å². The lowest BCUT2D eigenvalue weighted by molar-refractivity contribution is 0.142. The highest BCUT2D eigenvalue weighted by Gasteiger charge is 2.35. The van der Waals surface area contributed by atoms with E-state index in [0.717, 1.165) is 0 Å². The van der Waals surface area contributed by atoms with Crippen molar-refractivity contribution in [1.29, 1.82) is 0 Å². The van der Waals surface area contributed by atoms with Crippen molar-refractivity contribution in [3.8, 4) is 0 Å². The Kier molecular flexibility index (Phi) is 7.16. The molecule has 1 aromatic carbocycles. The van der Waals surface area contributed by atoms with E-state index in [9.17, 15) is 22.0 Å². The van der Waals surface area contributed by atoms with E-state index >= 15 is 0 Å². The van der Waals surface area contributed by atoms with Gasteiger partial charge in [0.1, 0.15) is 0 Å². The van der Waals surface area contributed by atoms with Gasteiger partial charge < -0.3 is 8.85 Å². The van der Waals surface area contributed by atoms with Gasteiger partial charge in [-0.05, 0) is 18.0 Å². The summed E-state index contributed by atoms with van der Waals surface area (Å²) in [7, 11) is -2.76.